The number of benzene rings is 1. The van der Waals surface area contributed by atoms with Crippen LogP contribution in [0, 0.1) is 5.82 Å². The van der Waals surface area contributed by atoms with Gasteiger partial charge in [0.05, 0.1) is 15.6 Å². The lowest BCUT2D eigenvalue weighted by Crippen LogP contribution is -2.13. The number of aromatic nitrogens is 1. The molecule has 1 amide bonds. The minimum absolute atomic E-state index is 0.0699. The molecule has 0 radical (unpaired) electrons. The molecule has 0 saturated carbocycles. The fourth-order valence-corrected chi connectivity index (χ4v) is 1.89. The van der Waals surface area contributed by atoms with Gasteiger partial charge in [-0.05, 0) is 24.3 Å². The summed E-state index contributed by atoms with van der Waals surface area (Å²) in [5.41, 5.74) is 0.631. The van der Waals surface area contributed by atoms with E-state index in [0.717, 1.165) is 0 Å². The van der Waals surface area contributed by atoms with Crippen LogP contribution in [0.2, 0.25) is 10.0 Å². The van der Waals surface area contributed by atoms with Crippen LogP contribution in [-0.2, 0) is 0 Å². The molecule has 0 spiro atoms. The number of pyridine rings is 1. The van der Waals surface area contributed by atoms with Gasteiger partial charge in [-0.3, -0.25) is 4.79 Å². The molecule has 1 heterocycles. The second kappa shape index (κ2) is 6.07. The van der Waals surface area contributed by atoms with Crippen LogP contribution in [0.3, 0.4) is 0 Å². The average molecular weight is 314 g/mol. The Morgan fingerprint density at radius 2 is 2.00 bits per heavy atom. The summed E-state index contributed by atoms with van der Waals surface area (Å²) in [5, 5.41) is 5.55. The fraction of sp³-hybridized carbons (Fsp3) is 0.0769. The second-order valence-corrected chi connectivity index (χ2v) is 4.70. The quantitative estimate of drug-likeness (QED) is 0.905. The van der Waals surface area contributed by atoms with Crippen molar-refractivity contribution in [1.29, 1.82) is 0 Å². The molecule has 0 aliphatic carbocycles. The Morgan fingerprint density at radius 1 is 1.25 bits per heavy atom. The molecule has 4 nitrogen and oxygen atoms in total. The van der Waals surface area contributed by atoms with Crippen molar-refractivity contribution in [2.24, 2.45) is 0 Å². The lowest BCUT2D eigenvalue weighted by atomic mass is 10.2. The minimum atomic E-state index is -0.552. The second-order valence-electron chi connectivity index (χ2n) is 3.88. The molecular formula is C13H10Cl2FN3O. The highest BCUT2D eigenvalue weighted by molar-refractivity contribution is 6.34. The predicted octanol–water partition coefficient (Wildman–Crippen LogP) is 3.82. The zero-order valence-corrected chi connectivity index (χ0v) is 11.9. The number of hydrogen-bond donors (Lipinski definition) is 2. The zero-order chi connectivity index (χ0) is 14.7. The number of nitrogens with one attached hydrogen (secondary N) is 2. The van der Waals surface area contributed by atoms with Crippen LogP contribution in [-0.4, -0.2) is 17.9 Å². The van der Waals surface area contributed by atoms with Crippen molar-refractivity contribution >= 4 is 40.6 Å². The van der Waals surface area contributed by atoms with Crippen molar-refractivity contribution in [3.63, 3.8) is 0 Å². The standard InChI is InChI=1S/C13H10Cl2FN3O/c1-17-12-5-8(10(15)6-18-12)13(20)19-7-2-3-11(16)9(14)4-7/h2-6H,1H3,(H,17,18)(H,19,20). The third kappa shape index (κ3) is 3.18. The summed E-state index contributed by atoms with van der Waals surface area (Å²) < 4.78 is 13.0. The van der Waals surface area contributed by atoms with E-state index in [-0.39, 0.29) is 15.6 Å². The van der Waals surface area contributed by atoms with Gasteiger partial charge in [0.2, 0.25) is 0 Å². The van der Waals surface area contributed by atoms with E-state index < -0.39 is 11.7 Å². The van der Waals surface area contributed by atoms with Gasteiger partial charge < -0.3 is 10.6 Å². The van der Waals surface area contributed by atoms with Crippen molar-refractivity contribution in [2.45, 2.75) is 0 Å². The van der Waals surface area contributed by atoms with E-state index in [2.05, 4.69) is 15.6 Å². The van der Waals surface area contributed by atoms with E-state index in [1.807, 2.05) is 0 Å². The molecule has 2 rings (SSSR count). The van der Waals surface area contributed by atoms with Crippen molar-refractivity contribution in [3.8, 4) is 0 Å². The summed E-state index contributed by atoms with van der Waals surface area (Å²) in [7, 11) is 1.68. The van der Waals surface area contributed by atoms with Crippen molar-refractivity contribution < 1.29 is 9.18 Å². The molecule has 0 atom stereocenters. The molecule has 0 unspecified atom stereocenters. The van der Waals surface area contributed by atoms with Gasteiger partial charge in [-0.25, -0.2) is 9.37 Å². The van der Waals surface area contributed by atoms with Gasteiger partial charge in [0.15, 0.2) is 0 Å². The summed E-state index contributed by atoms with van der Waals surface area (Å²) >= 11 is 11.6. The van der Waals surface area contributed by atoms with Crippen LogP contribution in [0.15, 0.2) is 30.5 Å². The number of carbonyl (C=O) groups is 1. The Bertz CT molecular complexity index is 664. The molecule has 7 heteroatoms. The van der Waals surface area contributed by atoms with Gasteiger partial charge in [0, 0.05) is 18.9 Å². The zero-order valence-electron chi connectivity index (χ0n) is 10.4. The normalized spacial score (nSPS) is 10.2. The predicted molar refractivity (Wildman–Crippen MR) is 78.2 cm³/mol. The van der Waals surface area contributed by atoms with Crippen molar-refractivity contribution in [2.75, 3.05) is 17.7 Å². The maximum atomic E-state index is 13.0. The molecule has 0 aliphatic rings. The smallest absolute Gasteiger partial charge is 0.257 e. The van der Waals surface area contributed by atoms with E-state index in [0.29, 0.717) is 11.5 Å². The molecule has 1 aromatic carbocycles. The molecule has 1 aromatic heterocycles. The molecule has 2 aromatic rings. The fourth-order valence-electron chi connectivity index (χ4n) is 1.52. The molecule has 0 saturated heterocycles. The number of halogens is 3. The van der Waals surface area contributed by atoms with Crippen LogP contribution < -0.4 is 10.6 Å². The monoisotopic (exact) mass is 313 g/mol. The first kappa shape index (κ1) is 14.6. The Balaban J connectivity index is 2.25. The van der Waals surface area contributed by atoms with Gasteiger partial charge in [-0.2, -0.15) is 0 Å². The van der Waals surface area contributed by atoms with E-state index >= 15 is 0 Å². The first-order valence-corrected chi connectivity index (χ1v) is 6.36. The van der Waals surface area contributed by atoms with E-state index in [4.69, 9.17) is 23.2 Å². The van der Waals surface area contributed by atoms with Crippen molar-refractivity contribution in [3.05, 3.63) is 51.9 Å². The molecule has 0 fully saturated rings. The average Bonchev–Trinajstić information content (AvgIpc) is 2.43. The molecule has 20 heavy (non-hydrogen) atoms. The highest BCUT2D eigenvalue weighted by Crippen LogP contribution is 2.22. The summed E-state index contributed by atoms with van der Waals surface area (Å²) in [5.74, 6) is -0.475. The number of amides is 1. The Hall–Kier alpha value is -1.85. The third-order valence-corrected chi connectivity index (χ3v) is 3.12. The summed E-state index contributed by atoms with van der Waals surface area (Å²) in [4.78, 5) is 16.1. The third-order valence-electron chi connectivity index (χ3n) is 2.53. The van der Waals surface area contributed by atoms with Gasteiger partial charge in [0.25, 0.3) is 5.91 Å². The summed E-state index contributed by atoms with van der Waals surface area (Å²) in [6, 6.07) is 5.42. The molecule has 0 bridgehead atoms. The molecule has 2 N–H and O–H groups in total. The number of rotatable bonds is 3. The summed E-state index contributed by atoms with van der Waals surface area (Å²) in [6.45, 7) is 0. The Morgan fingerprint density at radius 3 is 2.65 bits per heavy atom. The van der Waals surface area contributed by atoms with Crippen LogP contribution >= 0.6 is 23.2 Å². The van der Waals surface area contributed by atoms with Crippen LogP contribution in [0.4, 0.5) is 15.9 Å². The van der Waals surface area contributed by atoms with E-state index in [9.17, 15) is 9.18 Å². The topological polar surface area (TPSA) is 54.0 Å². The first-order valence-electron chi connectivity index (χ1n) is 5.61. The Kier molecular flexibility index (Phi) is 4.42. The minimum Gasteiger partial charge on any atom is -0.373 e. The van der Waals surface area contributed by atoms with Crippen LogP contribution in [0.25, 0.3) is 0 Å². The van der Waals surface area contributed by atoms with E-state index in [1.54, 1.807) is 7.05 Å². The number of nitrogens with zero attached hydrogens (tertiary/aromatic N) is 1. The first-order chi connectivity index (χ1) is 9.51. The van der Waals surface area contributed by atoms with E-state index in [1.165, 1.54) is 30.5 Å². The number of carbonyl (C=O) groups excluding carboxylic acids is 1. The molecular weight excluding hydrogens is 304 g/mol. The maximum Gasteiger partial charge on any atom is 0.257 e. The molecule has 0 aliphatic heterocycles. The lowest BCUT2D eigenvalue weighted by Gasteiger charge is -2.08. The van der Waals surface area contributed by atoms with Crippen LogP contribution in [0.5, 0.6) is 0 Å². The SMILES string of the molecule is CNc1cc(C(=O)Nc2ccc(F)c(Cl)c2)c(Cl)cn1. The highest BCUT2D eigenvalue weighted by atomic mass is 35.5. The Labute approximate surface area is 124 Å². The van der Waals surface area contributed by atoms with Gasteiger partial charge in [0.1, 0.15) is 11.6 Å². The lowest BCUT2D eigenvalue weighted by molar-refractivity contribution is 0.102. The van der Waals surface area contributed by atoms with Gasteiger partial charge in [-0.1, -0.05) is 23.2 Å². The summed E-state index contributed by atoms with van der Waals surface area (Å²) in [6.07, 6.45) is 1.37. The highest BCUT2D eigenvalue weighted by Gasteiger charge is 2.13. The number of anilines is 2. The largest absolute Gasteiger partial charge is 0.373 e. The van der Waals surface area contributed by atoms with Gasteiger partial charge >= 0.3 is 0 Å². The van der Waals surface area contributed by atoms with Crippen molar-refractivity contribution in [1.82, 2.24) is 4.98 Å². The molecule has 104 valence electrons. The van der Waals surface area contributed by atoms with Crippen LogP contribution in [0.1, 0.15) is 10.4 Å². The van der Waals surface area contributed by atoms with Gasteiger partial charge in [-0.15, -0.1) is 0 Å². The maximum absolute atomic E-state index is 13.0. The number of hydrogen-bond acceptors (Lipinski definition) is 3.